The molecule has 13 rings (SSSR count). The molecule has 11 aromatic rings. The Labute approximate surface area is 486 Å². The summed E-state index contributed by atoms with van der Waals surface area (Å²) in [6.07, 6.45) is 15.8. The maximum absolute atomic E-state index is 4.02. The van der Waals surface area contributed by atoms with Gasteiger partial charge in [-0.25, -0.2) is 0 Å². The molecule has 2 heteroatoms. The van der Waals surface area contributed by atoms with E-state index < -0.39 is 0 Å². The average molecular weight is 1060 g/mol. The Bertz CT molecular complexity index is 4050. The number of benzene rings is 10. The van der Waals surface area contributed by atoms with Crippen molar-refractivity contribution in [2.75, 3.05) is 4.90 Å². The van der Waals surface area contributed by atoms with E-state index in [1.54, 1.807) is 0 Å². The standard InChI is InChI=1S/C80H74N2/c1-7-11-13-20-48-80(49-21-14-12-8-2)75-53-65(81(63-38-34-58(35-39-63)57-22-16-15-17-23-57)64-40-43-68-67-24-18-19-25-73(67)79(5,6)74(68)52-64)41-44-69(75)70-45-42-66(54-76(70)80)82-77-46-36-61(59-30-26-55(9-3)27-31-59)50-71(77)72-51-62(37-47-78(72)82)60-32-28-56(10-4)29-33-60/h9-10,15-19,22-47,50-54H,3-4,7-8,11-14,20-21,48-49H2,1-2,5-6H3. The van der Waals surface area contributed by atoms with Gasteiger partial charge in [0.25, 0.3) is 0 Å². The Morgan fingerprint density at radius 2 is 0.817 bits per heavy atom. The van der Waals surface area contributed by atoms with E-state index in [1.807, 2.05) is 12.2 Å². The molecule has 0 atom stereocenters. The highest BCUT2D eigenvalue weighted by Gasteiger charge is 2.43. The Morgan fingerprint density at radius 3 is 1.38 bits per heavy atom. The maximum atomic E-state index is 4.02. The van der Waals surface area contributed by atoms with Crippen LogP contribution in [0.1, 0.15) is 125 Å². The molecule has 2 aliphatic carbocycles. The van der Waals surface area contributed by atoms with Crippen molar-refractivity contribution in [2.45, 2.75) is 103 Å². The van der Waals surface area contributed by atoms with Gasteiger partial charge in [-0.15, -0.1) is 0 Å². The van der Waals surface area contributed by atoms with Gasteiger partial charge >= 0.3 is 0 Å². The molecule has 0 fully saturated rings. The Morgan fingerprint density at radius 1 is 0.378 bits per heavy atom. The highest BCUT2D eigenvalue weighted by Crippen LogP contribution is 2.57. The molecule has 0 unspecified atom stereocenters. The zero-order valence-electron chi connectivity index (χ0n) is 48.3. The highest BCUT2D eigenvalue weighted by molar-refractivity contribution is 6.12. The van der Waals surface area contributed by atoms with Crippen molar-refractivity contribution in [1.29, 1.82) is 0 Å². The predicted molar refractivity (Wildman–Crippen MR) is 353 cm³/mol. The Hall–Kier alpha value is -8.72. The van der Waals surface area contributed by atoms with E-state index in [4.69, 9.17) is 0 Å². The van der Waals surface area contributed by atoms with E-state index >= 15 is 0 Å². The molecule has 404 valence electrons. The molecule has 0 N–H and O–H groups in total. The number of nitrogens with zero attached hydrogens (tertiary/aromatic N) is 2. The molecule has 0 amide bonds. The number of fused-ring (bicyclic) bond motifs is 9. The van der Waals surface area contributed by atoms with Crippen molar-refractivity contribution in [2.24, 2.45) is 0 Å². The van der Waals surface area contributed by atoms with Gasteiger partial charge in [-0.1, -0.05) is 250 Å². The van der Waals surface area contributed by atoms with E-state index in [-0.39, 0.29) is 10.8 Å². The second kappa shape index (κ2) is 22.0. The van der Waals surface area contributed by atoms with Crippen LogP contribution in [0.25, 0.3) is 95.3 Å². The van der Waals surface area contributed by atoms with Gasteiger partial charge in [-0.3, -0.25) is 0 Å². The minimum absolute atomic E-state index is 0.134. The fourth-order valence-electron chi connectivity index (χ4n) is 14.1. The molecule has 2 aliphatic rings. The molecule has 0 radical (unpaired) electrons. The Kier molecular flexibility index (Phi) is 14.1. The lowest BCUT2D eigenvalue weighted by Gasteiger charge is -2.34. The molecular weight excluding hydrogens is 989 g/mol. The first-order valence-electron chi connectivity index (χ1n) is 30.2. The van der Waals surface area contributed by atoms with Gasteiger partial charge in [0.1, 0.15) is 0 Å². The summed E-state index contributed by atoms with van der Waals surface area (Å²) in [7, 11) is 0. The van der Waals surface area contributed by atoms with Crippen molar-refractivity contribution < 1.29 is 0 Å². The van der Waals surface area contributed by atoms with Gasteiger partial charge in [0, 0.05) is 44.4 Å². The summed E-state index contributed by atoms with van der Waals surface area (Å²) in [5, 5.41) is 2.50. The quantitative estimate of drug-likeness (QED) is 0.0733. The number of anilines is 3. The van der Waals surface area contributed by atoms with Gasteiger partial charge in [-0.05, 0) is 175 Å². The molecule has 0 saturated carbocycles. The lowest BCUT2D eigenvalue weighted by atomic mass is 9.70. The zero-order valence-corrected chi connectivity index (χ0v) is 48.3. The average Bonchev–Trinajstić information content (AvgIpc) is 3.55. The molecule has 2 nitrogen and oxygen atoms in total. The van der Waals surface area contributed by atoms with Crippen molar-refractivity contribution >= 4 is 51.0 Å². The molecule has 82 heavy (non-hydrogen) atoms. The molecule has 1 aromatic heterocycles. The third-order valence-corrected chi connectivity index (χ3v) is 18.5. The van der Waals surface area contributed by atoms with Crippen LogP contribution < -0.4 is 4.90 Å². The monoisotopic (exact) mass is 1060 g/mol. The van der Waals surface area contributed by atoms with Crippen LogP contribution in [0.3, 0.4) is 0 Å². The lowest BCUT2D eigenvalue weighted by molar-refractivity contribution is 0.401. The number of unbranched alkanes of at least 4 members (excludes halogenated alkanes) is 6. The minimum atomic E-state index is -0.184. The zero-order chi connectivity index (χ0) is 56.0. The first-order valence-corrected chi connectivity index (χ1v) is 30.2. The van der Waals surface area contributed by atoms with Crippen LogP contribution in [0.2, 0.25) is 0 Å². The van der Waals surface area contributed by atoms with Gasteiger partial charge in [-0.2, -0.15) is 0 Å². The normalized spacial score (nSPS) is 13.4. The summed E-state index contributed by atoms with van der Waals surface area (Å²) in [6, 6.07) is 83.1. The van der Waals surface area contributed by atoms with Crippen LogP contribution in [-0.4, -0.2) is 4.57 Å². The fourth-order valence-corrected chi connectivity index (χ4v) is 14.1. The lowest BCUT2D eigenvalue weighted by Crippen LogP contribution is -2.26. The second-order valence-electron chi connectivity index (χ2n) is 23.8. The van der Waals surface area contributed by atoms with E-state index in [2.05, 4.69) is 269 Å². The summed E-state index contributed by atoms with van der Waals surface area (Å²) < 4.78 is 2.56. The number of aromatic nitrogens is 1. The van der Waals surface area contributed by atoms with Crippen LogP contribution in [0.4, 0.5) is 17.1 Å². The summed E-state index contributed by atoms with van der Waals surface area (Å²) in [5.74, 6) is 0. The molecule has 1 heterocycles. The van der Waals surface area contributed by atoms with Crippen molar-refractivity contribution in [3.8, 4) is 61.3 Å². The van der Waals surface area contributed by atoms with Crippen molar-refractivity contribution in [3.63, 3.8) is 0 Å². The van der Waals surface area contributed by atoms with Crippen LogP contribution in [-0.2, 0) is 10.8 Å². The van der Waals surface area contributed by atoms with Crippen LogP contribution in [0.15, 0.2) is 232 Å². The van der Waals surface area contributed by atoms with E-state index in [0.717, 1.165) is 29.7 Å². The first kappa shape index (κ1) is 52.6. The summed E-state index contributed by atoms with van der Waals surface area (Å²) >= 11 is 0. The van der Waals surface area contributed by atoms with Gasteiger partial charge in [0.05, 0.1) is 11.0 Å². The summed E-state index contributed by atoms with van der Waals surface area (Å²) in [4.78, 5) is 2.55. The minimum Gasteiger partial charge on any atom is -0.310 e. The second-order valence-corrected chi connectivity index (χ2v) is 23.8. The van der Waals surface area contributed by atoms with Gasteiger partial charge in [0.2, 0.25) is 0 Å². The largest absolute Gasteiger partial charge is 0.310 e. The van der Waals surface area contributed by atoms with Crippen molar-refractivity contribution in [1.82, 2.24) is 4.57 Å². The fraction of sp³-hybridized carbons (Fsp3) is 0.200. The van der Waals surface area contributed by atoms with E-state index in [9.17, 15) is 0 Å². The molecule has 0 saturated heterocycles. The predicted octanol–water partition coefficient (Wildman–Crippen LogP) is 23.1. The molecule has 0 aliphatic heterocycles. The van der Waals surface area contributed by atoms with Crippen LogP contribution in [0, 0.1) is 0 Å². The van der Waals surface area contributed by atoms with Crippen LogP contribution in [0.5, 0.6) is 0 Å². The molecular formula is C80H74N2. The highest BCUT2D eigenvalue weighted by atomic mass is 15.1. The SMILES string of the molecule is C=Cc1ccc(-c2ccc3c(c2)c2cc(-c4ccc(C=C)cc4)ccc2n3-c2ccc3c(c2)C(CCCCCC)(CCCCCC)c2cc(N(c4ccc(-c5ccccc5)cc4)c4ccc5c(c4)C(C)(C)c4ccccc4-5)ccc2-3)cc1. The maximum Gasteiger partial charge on any atom is 0.0541 e. The molecule has 10 aromatic carbocycles. The Balaban J connectivity index is 0.991. The van der Waals surface area contributed by atoms with E-state index in [0.29, 0.717) is 0 Å². The number of hydrogen-bond donors (Lipinski definition) is 0. The summed E-state index contributed by atoms with van der Waals surface area (Å²) in [5.41, 5.74) is 27.5. The first-order chi connectivity index (χ1) is 40.2. The van der Waals surface area contributed by atoms with Gasteiger partial charge in [0.15, 0.2) is 0 Å². The summed E-state index contributed by atoms with van der Waals surface area (Å²) in [6.45, 7) is 17.5. The number of hydrogen-bond acceptors (Lipinski definition) is 1. The van der Waals surface area contributed by atoms with E-state index in [1.165, 1.54) is 168 Å². The topological polar surface area (TPSA) is 8.17 Å². The third kappa shape index (κ3) is 9.23. The third-order valence-electron chi connectivity index (χ3n) is 18.5. The smallest absolute Gasteiger partial charge is 0.0541 e. The molecule has 0 spiro atoms. The van der Waals surface area contributed by atoms with Crippen molar-refractivity contribution in [3.05, 3.63) is 265 Å². The number of rotatable bonds is 19. The molecule has 0 bridgehead atoms. The van der Waals surface area contributed by atoms with Gasteiger partial charge < -0.3 is 9.47 Å². The van der Waals surface area contributed by atoms with Crippen LogP contribution >= 0.6 is 0 Å².